The van der Waals surface area contributed by atoms with Gasteiger partial charge in [-0.1, -0.05) is 44.8 Å². The van der Waals surface area contributed by atoms with Gasteiger partial charge >= 0.3 is 0 Å². The Morgan fingerprint density at radius 3 is 2.24 bits per heavy atom. The number of likely N-dealkylation sites (tertiary alicyclic amines) is 1. The second-order valence-electron chi connectivity index (χ2n) is 9.78. The molecule has 6 heteroatoms. The molecule has 3 aliphatic rings. The zero-order valence-corrected chi connectivity index (χ0v) is 23.4. The first-order valence-corrected chi connectivity index (χ1v) is 13.4. The topological polar surface area (TPSA) is 6.25 Å². The maximum Gasteiger partial charge on any atom is 0.199 e. The number of allylic oxidation sites excluding steroid dienone is 9. The Morgan fingerprint density at radius 2 is 1.64 bits per heavy atom. The van der Waals surface area contributed by atoms with Gasteiger partial charge in [0.15, 0.2) is 5.71 Å². The Bertz CT molecular complexity index is 1080. The minimum absolute atomic E-state index is 0. The predicted octanol–water partition coefficient (Wildman–Crippen LogP) is 4.07. The van der Waals surface area contributed by atoms with E-state index in [-0.39, 0.29) is 17.8 Å². The van der Waals surface area contributed by atoms with Gasteiger partial charge in [-0.05, 0) is 77.2 Å². The van der Waals surface area contributed by atoms with Crippen LogP contribution in [0.5, 0.6) is 0 Å². The first-order valence-electron chi connectivity index (χ1n) is 11.4. The summed E-state index contributed by atoms with van der Waals surface area (Å²) >= 11 is 9.59. The van der Waals surface area contributed by atoms with Crippen LogP contribution in [0.1, 0.15) is 49.8 Å². The maximum absolute atomic E-state index is 5.86. The molecule has 0 aromatic carbocycles. The predicted molar refractivity (Wildman–Crippen MR) is 147 cm³/mol. The lowest BCUT2D eigenvalue weighted by atomic mass is 9.94. The summed E-state index contributed by atoms with van der Waals surface area (Å²) in [5, 5.41) is 0. The molecule has 0 spiro atoms. The molecule has 2 aliphatic heterocycles. The van der Waals surface area contributed by atoms with Crippen LogP contribution in [0.4, 0.5) is 0 Å². The normalized spacial score (nSPS) is 18.7. The van der Waals surface area contributed by atoms with Crippen LogP contribution < -0.4 is 12.4 Å². The van der Waals surface area contributed by atoms with Crippen LogP contribution in [0.15, 0.2) is 64.0 Å². The fourth-order valence-corrected chi connectivity index (χ4v) is 6.45. The number of hydrogen-bond donors (Lipinski definition) is 0. The van der Waals surface area contributed by atoms with E-state index in [0.29, 0.717) is 0 Å². The average Bonchev–Trinajstić information content (AvgIpc) is 3.29. The summed E-state index contributed by atoms with van der Waals surface area (Å²) in [4.78, 5) is 8.64. The highest BCUT2D eigenvalue weighted by Crippen LogP contribution is 2.47. The number of nitrogens with zero attached hydrogens (tertiary/aromatic N) is 2. The molecule has 4 rings (SSSR count). The Kier molecular flexibility index (Phi) is 8.66. The Balaban J connectivity index is 0.00000306. The number of piperidine rings is 1. The molecule has 0 amide bonds. The Hall–Kier alpha value is -1.40. The zero-order chi connectivity index (χ0) is 22.9. The summed E-state index contributed by atoms with van der Waals surface area (Å²) in [6, 6.07) is 4.47. The van der Waals surface area contributed by atoms with E-state index >= 15 is 0 Å². The van der Waals surface area contributed by atoms with Crippen LogP contribution in [-0.2, 0) is 0 Å². The number of rotatable bonds is 2. The molecule has 33 heavy (non-hydrogen) atoms. The monoisotopic (exact) mass is 516 g/mol. The highest BCUT2D eigenvalue weighted by Gasteiger charge is 2.25. The lowest BCUT2D eigenvalue weighted by molar-refractivity contribution is -0.462. The number of hydrogen-bond acceptors (Lipinski definition) is 3. The van der Waals surface area contributed by atoms with Gasteiger partial charge in [-0.2, -0.15) is 0 Å². The van der Waals surface area contributed by atoms with Gasteiger partial charge in [0.25, 0.3) is 0 Å². The van der Waals surface area contributed by atoms with Crippen LogP contribution in [0.2, 0.25) is 0 Å². The van der Waals surface area contributed by atoms with Crippen molar-refractivity contribution in [3.05, 3.63) is 73.7 Å². The van der Waals surface area contributed by atoms with Crippen molar-refractivity contribution < 1.29 is 17.0 Å². The quantitative estimate of drug-likeness (QED) is 0.432. The van der Waals surface area contributed by atoms with Crippen molar-refractivity contribution in [2.75, 3.05) is 27.2 Å². The van der Waals surface area contributed by atoms with Gasteiger partial charge in [-0.15, -0.1) is 11.3 Å². The fraction of sp³-hybridized carbons (Fsp3) is 0.407. The molecule has 1 saturated heterocycles. The molecule has 0 unspecified atom stereocenters. The zero-order valence-electron chi connectivity index (χ0n) is 20.2. The van der Waals surface area contributed by atoms with Crippen molar-refractivity contribution in [3.8, 4) is 0 Å². The SMILES string of the molecule is C[N+](C)=C1C=CC(=C2C=C(c3ccc(C(=S)N4CCCCC4)s3)C=C(C(C)(C)C)S2)C=C1.[Cl-]. The largest absolute Gasteiger partial charge is 1.00 e. The Labute approximate surface area is 219 Å². The number of thioether (sulfide) groups is 1. The van der Waals surface area contributed by atoms with E-state index in [1.807, 2.05) is 23.1 Å². The minimum atomic E-state index is 0. The highest BCUT2D eigenvalue weighted by atomic mass is 35.5. The average molecular weight is 517 g/mol. The molecule has 0 radical (unpaired) electrons. The molecule has 0 N–H and O–H groups in total. The van der Waals surface area contributed by atoms with Gasteiger partial charge < -0.3 is 17.3 Å². The third-order valence-corrected chi connectivity index (χ3v) is 9.22. The van der Waals surface area contributed by atoms with E-state index in [2.05, 4.69) is 92.9 Å². The molecule has 1 aliphatic carbocycles. The molecule has 1 aromatic rings. The van der Waals surface area contributed by atoms with E-state index in [0.717, 1.165) is 18.1 Å². The lowest BCUT2D eigenvalue weighted by Crippen LogP contribution is -3.00. The summed E-state index contributed by atoms with van der Waals surface area (Å²) in [5.41, 5.74) is 3.88. The van der Waals surface area contributed by atoms with E-state index in [1.54, 1.807) is 0 Å². The summed E-state index contributed by atoms with van der Waals surface area (Å²) in [7, 11) is 4.16. The standard InChI is InChI=1S/C27H33N2S3.ClH/c1-27(2,3)25-18-20(17-24(32-25)19-9-11-21(12-10-19)28(4)5)22-13-14-23(31-22)26(30)29-15-7-6-8-16-29;/h9-14,17-18H,6-8,15-16H2,1-5H3;1H/q+1;/p-1. The van der Waals surface area contributed by atoms with Gasteiger partial charge in [0, 0.05) is 35.0 Å². The van der Waals surface area contributed by atoms with Crippen LogP contribution in [0.25, 0.3) is 5.57 Å². The van der Waals surface area contributed by atoms with E-state index in [1.165, 1.54) is 55.7 Å². The molecule has 176 valence electrons. The summed E-state index contributed by atoms with van der Waals surface area (Å²) in [5.74, 6) is 0. The van der Waals surface area contributed by atoms with Gasteiger partial charge in [-0.3, -0.25) is 0 Å². The van der Waals surface area contributed by atoms with Gasteiger partial charge in [0.05, 0.1) is 4.88 Å². The Morgan fingerprint density at radius 1 is 0.970 bits per heavy atom. The summed E-state index contributed by atoms with van der Waals surface area (Å²) in [6.07, 6.45) is 17.4. The van der Waals surface area contributed by atoms with Crippen molar-refractivity contribution in [1.82, 2.24) is 4.90 Å². The lowest BCUT2D eigenvalue weighted by Gasteiger charge is -2.28. The van der Waals surface area contributed by atoms with Crippen molar-refractivity contribution in [3.63, 3.8) is 0 Å². The third-order valence-electron chi connectivity index (χ3n) is 5.95. The van der Waals surface area contributed by atoms with E-state index < -0.39 is 0 Å². The molecule has 0 atom stereocenters. The van der Waals surface area contributed by atoms with Crippen molar-refractivity contribution in [2.45, 2.75) is 40.0 Å². The fourth-order valence-electron chi connectivity index (χ4n) is 3.94. The number of thiocarbonyl (C=S) groups is 1. The van der Waals surface area contributed by atoms with E-state index in [4.69, 9.17) is 12.2 Å². The van der Waals surface area contributed by atoms with Crippen LogP contribution in [0, 0.1) is 5.41 Å². The molecule has 1 fully saturated rings. The van der Waals surface area contributed by atoms with Gasteiger partial charge in [0.1, 0.15) is 19.1 Å². The second kappa shape index (κ2) is 10.9. The van der Waals surface area contributed by atoms with Crippen LogP contribution in [-0.4, -0.2) is 47.4 Å². The highest BCUT2D eigenvalue weighted by molar-refractivity contribution is 8.07. The minimum Gasteiger partial charge on any atom is -1.00 e. The van der Waals surface area contributed by atoms with Crippen molar-refractivity contribution in [2.24, 2.45) is 5.41 Å². The number of halogens is 1. The first-order chi connectivity index (χ1) is 15.2. The molecular formula is C27H33ClN2S3. The van der Waals surface area contributed by atoms with Crippen LogP contribution >= 0.6 is 35.3 Å². The van der Waals surface area contributed by atoms with E-state index in [9.17, 15) is 0 Å². The summed E-state index contributed by atoms with van der Waals surface area (Å²) in [6.45, 7) is 9.09. The molecule has 2 nitrogen and oxygen atoms in total. The van der Waals surface area contributed by atoms with Gasteiger partial charge in [-0.25, -0.2) is 4.58 Å². The summed E-state index contributed by atoms with van der Waals surface area (Å²) < 4.78 is 2.14. The maximum atomic E-state index is 5.86. The molecular weight excluding hydrogens is 484 g/mol. The molecule has 0 bridgehead atoms. The second-order valence-corrected chi connectivity index (χ2v) is 12.3. The van der Waals surface area contributed by atoms with Gasteiger partial charge in [0.2, 0.25) is 0 Å². The number of thiophene rings is 1. The smallest absolute Gasteiger partial charge is 0.199 e. The molecule has 3 heterocycles. The van der Waals surface area contributed by atoms with Crippen LogP contribution in [0.3, 0.4) is 0 Å². The van der Waals surface area contributed by atoms with Crippen molar-refractivity contribution in [1.29, 1.82) is 0 Å². The first kappa shape index (κ1) is 26.2. The third kappa shape index (κ3) is 6.19. The van der Waals surface area contributed by atoms with Crippen molar-refractivity contribution >= 4 is 51.6 Å². The molecule has 0 saturated carbocycles. The molecule has 1 aromatic heterocycles.